The molecule has 154 valence electrons. The molecule has 1 aromatic heterocycles. The van der Waals surface area contributed by atoms with Crippen LogP contribution in [0.25, 0.3) is 16.8 Å². The van der Waals surface area contributed by atoms with Crippen LogP contribution in [0, 0.1) is 12.3 Å². The number of hydrogen-bond acceptors (Lipinski definition) is 4. The lowest BCUT2D eigenvalue weighted by molar-refractivity contribution is -0.127. The molecule has 0 radical (unpaired) electrons. The van der Waals surface area contributed by atoms with Gasteiger partial charge in [-0.1, -0.05) is 42.0 Å². The standard InChI is InChI=1S/C23H24N4O3/c1-15-6-8-16(9-7-15)21(28)18(14-24)22(29)26-12-10-17(11-13-26)27-20-5-3-2-4-19(20)25-23(27)30/h2-9,14,17,24,28H,10-13H2,1H3,(H,25,30)/b21-18+,24-14?. The number of hydrogen-bond donors (Lipinski definition) is 3. The maximum atomic E-state index is 13.0. The van der Waals surface area contributed by atoms with E-state index in [1.807, 2.05) is 43.3 Å². The predicted octanol–water partition coefficient (Wildman–Crippen LogP) is 3.42. The van der Waals surface area contributed by atoms with Gasteiger partial charge in [-0.05, 0) is 31.9 Å². The van der Waals surface area contributed by atoms with Crippen LogP contribution in [0.5, 0.6) is 0 Å². The molecule has 2 heterocycles. The fourth-order valence-electron chi connectivity index (χ4n) is 4.03. The lowest BCUT2D eigenvalue weighted by Gasteiger charge is -2.32. The normalized spacial score (nSPS) is 15.8. The number of amides is 1. The molecule has 30 heavy (non-hydrogen) atoms. The van der Waals surface area contributed by atoms with E-state index in [9.17, 15) is 14.7 Å². The number of para-hydroxylation sites is 2. The van der Waals surface area contributed by atoms with E-state index in [1.165, 1.54) is 0 Å². The number of rotatable bonds is 4. The molecule has 0 aliphatic carbocycles. The highest BCUT2D eigenvalue weighted by atomic mass is 16.3. The zero-order valence-electron chi connectivity index (χ0n) is 16.8. The smallest absolute Gasteiger partial charge is 0.326 e. The van der Waals surface area contributed by atoms with Crippen LogP contribution in [0.4, 0.5) is 0 Å². The predicted molar refractivity (Wildman–Crippen MR) is 117 cm³/mol. The zero-order chi connectivity index (χ0) is 21.3. The average Bonchev–Trinajstić information content (AvgIpc) is 3.10. The number of imidazole rings is 1. The lowest BCUT2D eigenvalue weighted by Crippen LogP contribution is -2.41. The van der Waals surface area contributed by atoms with Gasteiger partial charge in [-0.3, -0.25) is 9.36 Å². The minimum absolute atomic E-state index is 0.00388. The Kier molecular flexibility index (Phi) is 5.27. The van der Waals surface area contributed by atoms with E-state index in [1.54, 1.807) is 21.6 Å². The summed E-state index contributed by atoms with van der Waals surface area (Å²) >= 11 is 0. The molecule has 1 saturated heterocycles. The third-order valence-electron chi connectivity index (χ3n) is 5.70. The summed E-state index contributed by atoms with van der Waals surface area (Å²) in [7, 11) is 0. The van der Waals surface area contributed by atoms with Gasteiger partial charge in [0.1, 0.15) is 5.76 Å². The molecule has 1 amide bonds. The number of aromatic amines is 1. The van der Waals surface area contributed by atoms with Crippen molar-refractivity contribution in [2.45, 2.75) is 25.8 Å². The molecule has 4 rings (SSSR count). The summed E-state index contributed by atoms with van der Waals surface area (Å²) in [6.45, 7) is 2.85. The van der Waals surface area contributed by atoms with Gasteiger partial charge in [0.25, 0.3) is 5.91 Å². The van der Waals surface area contributed by atoms with Crippen LogP contribution in [0.1, 0.15) is 30.0 Å². The van der Waals surface area contributed by atoms with Crippen LogP contribution >= 0.6 is 0 Å². The number of nitrogens with one attached hydrogen (secondary N) is 2. The van der Waals surface area contributed by atoms with E-state index in [-0.39, 0.29) is 29.0 Å². The minimum atomic E-state index is -0.368. The third-order valence-corrected chi connectivity index (χ3v) is 5.70. The number of aryl methyl sites for hydroxylation is 1. The van der Waals surface area contributed by atoms with E-state index in [2.05, 4.69) is 4.98 Å². The summed E-state index contributed by atoms with van der Waals surface area (Å²) in [6.07, 6.45) is 2.17. The van der Waals surface area contributed by atoms with Crippen molar-refractivity contribution in [1.82, 2.24) is 14.5 Å². The SMILES string of the molecule is Cc1ccc(/C(O)=C(/C=N)C(=O)N2CCC(n3c(=O)[nH]c4ccccc43)CC2)cc1. The highest BCUT2D eigenvalue weighted by molar-refractivity contribution is 6.16. The Morgan fingerprint density at radius 2 is 1.80 bits per heavy atom. The molecule has 1 aliphatic rings. The van der Waals surface area contributed by atoms with Crippen molar-refractivity contribution < 1.29 is 9.90 Å². The van der Waals surface area contributed by atoms with E-state index in [0.29, 0.717) is 31.5 Å². The first-order valence-corrected chi connectivity index (χ1v) is 9.99. The number of aliphatic hydroxyl groups excluding tert-OH is 1. The lowest BCUT2D eigenvalue weighted by atomic mass is 10.0. The van der Waals surface area contributed by atoms with Crippen LogP contribution in [-0.4, -0.2) is 44.8 Å². The Morgan fingerprint density at radius 1 is 1.13 bits per heavy atom. The summed E-state index contributed by atoms with van der Waals surface area (Å²) in [5.74, 6) is -0.558. The van der Waals surface area contributed by atoms with E-state index >= 15 is 0 Å². The Morgan fingerprint density at radius 3 is 2.47 bits per heavy atom. The summed E-state index contributed by atoms with van der Waals surface area (Å²) < 4.78 is 1.77. The molecule has 3 aromatic rings. The van der Waals surface area contributed by atoms with Crippen LogP contribution < -0.4 is 5.69 Å². The first-order chi connectivity index (χ1) is 14.5. The second-order valence-electron chi connectivity index (χ2n) is 7.61. The molecule has 0 spiro atoms. The number of fused-ring (bicyclic) bond motifs is 1. The molecule has 2 aromatic carbocycles. The van der Waals surface area contributed by atoms with Crippen molar-refractivity contribution in [3.63, 3.8) is 0 Å². The van der Waals surface area contributed by atoms with Gasteiger partial charge in [-0.15, -0.1) is 0 Å². The van der Waals surface area contributed by atoms with Crippen molar-refractivity contribution in [3.05, 3.63) is 75.7 Å². The van der Waals surface area contributed by atoms with E-state index < -0.39 is 0 Å². The second-order valence-corrected chi connectivity index (χ2v) is 7.61. The first-order valence-electron chi connectivity index (χ1n) is 9.99. The Bertz CT molecular complexity index is 1180. The molecule has 0 atom stereocenters. The van der Waals surface area contributed by atoms with Crippen LogP contribution in [0.3, 0.4) is 0 Å². The molecular weight excluding hydrogens is 380 g/mol. The maximum Gasteiger partial charge on any atom is 0.326 e. The fourth-order valence-corrected chi connectivity index (χ4v) is 4.03. The molecule has 0 saturated carbocycles. The summed E-state index contributed by atoms with van der Waals surface area (Å²) in [6, 6.07) is 14.7. The molecule has 1 aliphatic heterocycles. The van der Waals surface area contributed by atoms with Crippen molar-refractivity contribution in [2.24, 2.45) is 0 Å². The zero-order valence-corrected chi connectivity index (χ0v) is 16.8. The number of carbonyl (C=O) groups excluding carboxylic acids is 1. The number of piperidine rings is 1. The molecule has 7 heteroatoms. The van der Waals surface area contributed by atoms with E-state index in [0.717, 1.165) is 22.8 Å². The number of likely N-dealkylation sites (tertiary alicyclic amines) is 1. The van der Waals surface area contributed by atoms with Crippen LogP contribution in [0.2, 0.25) is 0 Å². The molecule has 1 fully saturated rings. The second kappa shape index (κ2) is 8.02. The highest BCUT2D eigenvalue weighted by Gasteiger charge is 2.28. The first kappa shape index (κ1) is 19.7. The number of benzene rings is 2. The van der Waals surface area contributed by atoms with Crippen molar-refractivity contribution in [2.75, 3.05) is 13.1 Å². The van der Waals surface area contributed by atoms with Gasteiger partial charge in [0.05, 0.1) is 16.6 Å². The van der Waals surface area contributed by atoms with E-state index in [4.69, 9.17) is 5.41 Å². The Labute approximate surface area is 173 Å². The van der Waals surface area contributed by atoms with Gasteiger partial charge in [-0.2, -0.15) is 0 Å². The minimum Gasteiger partial charge on any atom is -0.506 e. The van der Waals surface area contributed by atoms with Gasteiger partial charge in [0, 0.05) is 30.9 Å². The van der Waals surface area contributed by atoms with Gasteiger partial charge in [0.2, 0.25) is 0 Å². The van der Waals surface area contributed by atoms with Gasteiger partial charge in [0.15, 0.2) is 0 Å². The van der Waals surface area contributed by atoms with Crippen molar-refractivity contribution >= 4 is 28.9 Å². The number of aliphatic hydroxyl groups is 1. The van der Waals surface area contributed by atoms with Crippen molar-refractivity contribution in [3.8, 4) is 0 Å². The number of nitrogens with zero attached hydrogens (tertiary/aromatic N) is 2. The largest absolute Gasteiger partial charge is 0.506 e. The van der Waals surface area contributed by atoms with Gasteiger partial charge >= 0.3 is 5.69 Å². The maximum absolute atomic E-state index is 13.0. The molecule has 3 N–H and O–H groups in total. The third kappa shape index (κ3) is 3.54. The summed E-state index contributed by atoms with van der Waals surface area (Å²) in [4.78, 5) is 29.9. The summed E-state index contributed by atoms with van der Waals surface area (Å²) in [5.41, 5.74) is 3.05. The van der Waals surface area contributed by atoms with Crippen LogP contribution in [0.15, 0.2) is 58.9 Å². The van der Waals surface area contributed by atoms with Crippen molar-refractivity contribution in [1.29, 1.82) is 5.41 Å². The Hall–Kier alpha value is -3.61. The molecule has 0 unspecified atom stereocenters. The molecular formula is C23H24N4O3. The van der Waals surface area contributed by atoms with Crippen LogP contribution in [-0.2, 0) is 4.79 Å². The summed E-state index contributed by atoms with van der Waals surface area (Å²) in [5, 5.41) is 18.2. The van der Waals surface area contributed by atoms with Gasteiger partial charge in [-0.25, -0.2) is 4.79 Å². The monoisotopic (exact) mass is 404 g/mol. The molecule has 0 bridgehead atoms. The highest BCUT2D eigenvalue weighted by Crippen LogP contribution is 2.26. The average molecular weight is 404 g/mol. The fraction of sp³-hybridized carbons (Fsp3) is 0.261. The van der Waals surface area contributed by atoms with Gasteiger partial charge < -0.3 is 20.4 Å². The number of carbonyl (C=O) groups is 1. The quantitative estimate of drug-likeness (QED) is 0.353. The Balaban J connectivity index is 1.53. The number of H-pyrrole nitrogens is 1. The number of aromatic nitrogens is 2. The molecule has 7 nitrogen and oxygen atoms in total. The topological polar surface area (TPSA) is 102 Å².